The first-order valence-electron chi connectivity index (χ1n) is 6.33. The van der Waals surface area contributed by atoms with Gasteiger partial charge in [-0.15, -0.1) is 11.8 Å². The van der Waals surface area contributed by atoms with Crippen LogP contribution in [-0.2, 0) is 14.6 Å². The number of hydrogen-bond donors (Lipinski definition) is 1. The fourth-order valence-electron chi connectivity index (χ4n) is 2.00. The van der Waals surface area contributed by atoms with E-state index in [2.05, 4.69) is 21.2 Å². The van der Waals surface area contributed by atoms with Crippen LogP contribution in [-0.4, -0.2) is 37.6 Å². The molecule has 1 aliphatic heterocycles. The summed E-state index contributed by atoms with van der Waals surface area (Å²) in [6, 6.07) is 7.72. The van der Waals surface area contributed by atoms with Crippen molar-refractivity contribution in [3.8, 4) is 0 Å². The molecule has 1 amide bonds. The molecule has 20 heavy (non-hydrogen) atoms. The second kappa shape index (κ2) is 6.95. The summed E-state index contributed by atoms with van der Waals surface area (Å²) < 4.78 is 23.6. The molecule has 0 bridgehead atoms. The van der Waals surface area contributed by atoms with Crippen LogP contribution in [0.15, 0.2) is 33.6 Å². The lowest BCUT2D eigenvalue weighted by Crippen LogP contribution is -2.35. The highest BCUT2D eigenvalue weighted by atomic mass is 79.9. The Kier molecular flexibility index (Phi) is 5.51. The summed E-state index contributed by atoms with van der Waals surface area (Å²) in [7, 11) is -2.93. The number of carbonyl (C=O) groups excluding carboxylic acids is 1. The molecule has 0 saturated carbocycles. The zero-order chi connectivity index (χ0) is 14.6. The van der Waals surface area contributed by atoms with Gasteiger partial charge in [-0.25, -0.2) is 8.42 Å². The topological polar surface area (TPSA) is 63.2 Å². The fourth-order valence-corrected chi connectivity index (χ4v) is 4.79. The molecule has 0 radical (unpaired) electrons. The van der Waals surface area contributed by atoms with Gasteiger partial charge < -0.3 is 5.32 Å². The number of nitrogens with one attached hydrogen (secondary N) is 1. The minimum absolute atomic E-state index is 0.0725. The van der Waals surface area contributed by atoms with E-state index in [1.54, 1.807) is 11.8 Å². The maximum absolute atomic E-state index is 11.7. The Morgan fingerprint density at radius 1 is 1.35 bits per heavy atom. The molecule has 0 aromatic heterocycles. The molecule has 1 aliphatic rings. The Morgan fingerprint density at radius 2 is 2.05 bits per heavy atom. The number of sulfone groups is 1. The van der Waals surface area contributed by atoms with Gasteiger partial charge in [0.15, 0.2) is 9.84 Å². The summed E-state index contributed by atoms with van der Waals surface area (Å²) >= 11 is 4.99. The molecule has 1 saturated heterocycles. The van der Waals surface area contributed by atoms with E-state index < -0.39 is 9.84 Å². The van der Waals surface area contributed by atoms with E-state index in [-0.39, 0.29) is 23.5 Å². The van der Waals surface area contributed by atoms with Gasteiger partial charge in [-0.3, -0.25) is 4.79 Å². The first-order chi connectivity index (χ1) is 9.44. The Balaban J connectivity index is 1.69. The van der Waals surface area contributed by atoms with Crippen molar-refractivity contribution in [3.05, 3.63) is 28.7 Å². The van der Waals surface area contributed by atoms with Crippen LogP contribution < -0.4 is 5.32 Å². The van der Waals surface area contributed by atoms with Gasteiger partial charge in [0.1, 0.15) is 0 Å². The zero-order valence-electron chi connectivity index (χ0n) is 10.8. The van der Waals surface area contributed by atoms with E-state index in [1.807, 2.05) is 24.3 Å². The third-order valence-electron chi connectivity index (χ3n) is 3.01. The summed E-state index contributed by atoms with van der Waals surface area (Å²) in [5.74, 6) is 0.883. The predicted molar refractivity (Wildman–Crippen MR) is 84.7 cm³/mol. The molecule has 1 heterocycles. The highest BCUT2D eigenvalue weighted by molar-refractivity contribution is 9.10. The van der Waals surface area contributed by atoms with Crippen molar-refractivity contribution < 1.29 is 13.2 Å². The molecule has 0 aliphatic carbocycles. The molecule has 1 N–H and O–H groups in total. The van der Waals surface area contributed by atoms with Gasteiger partial charge in [0.2, 0.25) is 5.91 Å². The van der Waals surface area contributed by atoms with E-state index >= 15 is 0 Å². The largest absolute Gasteiger partial charge is 0.352 e. The van der Waals surface area contributed by atoms with Crippen molar-refractivity contribution in [1.29, 1.82) is 0 Å². The summed E-state index contributed by atoms with van der Waals surface area (Å²) in [6.07, 6.45) is 0.936. The van der Waals surface area contributed by atoms with Gasteiger partial charge >= 0.3 is 0 Å². The van der Waals surface area contributed by atoms with Gasteiger partial charge in [0, 0.05) is 27.6 Å². The van der Waals surface area contributed by atoms with Crippen LogP contribution in [0.2, 0.25) is 0 Å². The molecule has 1 aromatic rings. The monoisotopic (exact) mass is 377 g/mol. The fraction of sp³-hybridized carbons (Fsp3) is 0.462. The van der Waals surface area contributed by atoms with Gasteiger partial charge in [-0.2, -0.15) is 0 Å². The quantitative estimate of drug-likeness (QED) is 0.799. The normalized spacial score (nSPS) is 20.8. The van der Waals surface area contributed by atoms with E-state index in [0.29, 0.717) is 18.6 Å². The zero-order valence-corrected chi connectivity index (χ0v) is 14.1. The van der Waals surface area contributed by atoms with Crippen molar-refractivity contribution >= 4 is 43.4 Å². The lowest BCUT2D eigenvalue weighted by Gasteiger charge is -2.10. The van der Waals surface area contributed by atoms with Gasteiger partial charge in [0.25, 0.3) is 0 Å². The van der Waals surface area contributed by atoms with Crippen molar-refractivity contribution in [2.75, 3.05) is 17.3 Å². The van der Waals surface area contributed by atoms with Crippen LogP contribution in [0.25, 0.3) is 0 Å². The third kappa shape index (κ3) is 5.10. The minimum Gasteiger partial charge on any atom is -0.352 e. The molecule has 1 aromatic carbocycles. The number of rotatable bonds is 5. The summed E-state index contributed by atoms with van der Waals surface area (Å²) in [4.78, 5) is 12.8. The van der Waals surface area contributed by atoms with Crippen LogP contribution in [0.5, 0.6) is 0 Å². The SMILES string of the molecule is O=C(CCSc1ccc(Br)cc1)N[C@H]1CCS(=O)(=O)C1. The standard InChI is InChI=1S/C13H16BrNO3S2/c14-10-1-3-12(4-2-10)19-7-5-13(16)15-11-6-8-20(17,18)9-11/h1-4,11H,5-9H2,(H,15,16)/t11-/m0/s1. The summed E-state index contributed by atoms with van der Waals surface area (Å²) in [5.41, 5.74) is 0. The average Bonchev–Trinajstić information content (AvgIpc) is 2.71. The van der Waals surface area contributed by atoms with Gasteiger partial charge in [-0.05, 0) is 30.7 Å². The van der Waals surface area contributed by atoms with Crippen molar-refractivity contribution in [2.24, 2.45) is 0 Å². The lowest BCUT2D eigenvalue weighted by molar-refractivity contribution is -0.121. The first kappa shape index (κ1) is 15.9. The second-order valence-corrected chi connectivity index (χ2v) is 9.03. The molecule has 1 fully saturated rings. The lowest BCUT2D eigenvalue weighted by atomic mass is 10.2. The molecular weight excluding hydrogens is 362 g/mol. The second-order valence-electron chi connectivity index (χ2n) is 4.72. The Labute approximate surface area is 131 Å². The highest BCUT2D eigenvalue weighted by Crippen LogP contribution is 2.21. The molecule has 4 nitrogen and oxygen atoms in total. The van der Waals surface area contributed by atoms with Crippen molar-refractivity contribution in [1.82, 2.24) is 5.32 Å². The molecule has 1 atom stereocenters. The van der Waals surface area contributed by atoms with E-state index in [9.17, 15) is 13.2 Å². The van der Waals surface area contributed by atoms with E-state index in [1.165, 1.54) is 0 Å². The van der Waals surface area contributed by atoms with Crippen LogP contribution in [0.1, 0.15) is 12.8 Å². The van der Waals surface area contributed by atoms with E-state index in [0.717, 1.165) is 9.37 Å². The van der Waals surface area contributed by atoms with Crippen LogP contribution in [0.3, 0.4) is 0 Å². The summed E-state index contributed by atoms with van der Waals surface area (Å²) in [6.45, 7) is 0. The van der Waals surface area contributed by atoms with Gasteiger partial charge in [0.05, 0.1) is 11.5 Å². The Bertz CT molecular complexity index is 572. The molecule has 110 valence electrons. The van der Waals surface area contributed by atoms with Crippen LogP contribution in [0, 0.1) is 0 Å². The Morgan fingerprint density at radius 3 is 2.65 bits per heavy atom. The number of halogens is 1. The third-order valence-corrected chi connectivity index (χ3v) is 6.32. The Hall–Kier alpha value is -0.530. The van der Waals surface area contributed by atoms with Gasteiger partial charge in [-0.1, -0.05) is 15.9 Å². The number of hydrogen-bond acceptors (Lipinski definition) is 4. The number of thioether (sulfide) groups is 1. The smallest absolute Gasteiger partial charge is 0.221 e. The molecule has 0 spiro atoms. The molecule has 2 rings (SSSR count). The van der Waals surface area contributed by atoms with Crippen molar-refractivity contribution in [2.45, 2.75) is 23.8 Å². The average molecular weight is 378 g/mol. The number of benzene rings is 1. The number of amides is 1. The molecule has 0 unspecified atom stereocenters. The van der Waals surface area contributed by atoms with E-state index in [4.69, 9.17) is 0 Å². The molecule has 7 heteroatoms. The van der Waals surface area contributed by atoms with Crippen LogP contribution >= 0.6 is 27.7 Å². The highest BCUT2D eigenvalue weighted by Gasteiger charge is 2.28. The molecular formula is C13H16BrNO3S2. The maximum Gasteiger partial charge on any atom is 0.221 e. The summed E-state index contributed by atoms with van der Waals surface area (Å²) in [5, 5.41) is 2.79. The minimum atomic E-state index is -2.93. The maximum atomic E-state index is 11.7. The van der Waals surface area contributed by atoms with Crippen LogP contribution in [0.4, 0.5) is 0 Å². The number of carbonyl (C=O) groups is 1. The first-order valence-corrected chi connectivity index (χ1v) is 9.93. The predicted octanol–water partition coefficient (Wildman–Crippen LogP) is 2.23. The van der Waals surface area contributed by atoms with Crippen molar-refractivity contribution in [3.63, 3.8) is 0 Å².